The van der Waals surface area contributed by atoms with E-state index in [1.165, 1.54) is 0 Å². The molecular weight excluding hydrogens is 400 g/mol. The molecule has 1 heterocycles. The van der Waals surface area contributed by atoms with Gasteiger partial charge in [0.1, 0.15) is 5.75 Å². The van der Waals surface area contributed by atoms with E-state index in [0.717, 1.165) is 24.1 Å². The van der Waals surface area contributed by atoms with Crippen LogP contribution in [-0.2, 0) is 6.42 Å². The molecule has 152 valence electrons. The fourth-order valence-corrected chi connectivity index (χ4v) is 3.82. The van der Waals surface area contributed by atoms with Gasteiger partial charge in [-0.05, 0) is 66.9 Å². The summed E-state index contributed by atoms with van der Waals surface area (Å²) in [5.41, 5.74) is 3.58. The van der Waals surface area contributed by atoms with Crippen LogP contribution in [-0.4, -0.2) is 25.5 Å². The Balaban J connectivity index is 1.57. The molecular formula is C24H21ClN2O3. The fourth-order valence-electron chi connectivity index (χ4n) is 3.63. The van der Waals surface area contributed by atoms with Gasteiger partial charge >= 0.3 is 0 Å². The van der Waals surface area contributed by atoms with Crippen LogP contribution in [0.3, 0.4) is 0 Å². The highest BCUT2D eigenvalue weighted by molar-refractivity contribution is 6.31. The Kier molecular flexibility index (Phi) is 5.72. The number of nitrogens with one attached hydrogen (secondary N) is 1. The number of nitrogens with zero attached hydrogens (tertiary/aromatic N) is 1. The minimum atomic E-state index is -0.204. The van der Waals surface area contributed by atoms with E-state index in [1.54, 1.807) is 48.4 Å². The molecule has 0 aliphatic carbocycles. The number of hydrogen-bond acceptors (Lipinski definition) is 3. The predicted octanol–water partition coefficient (Wildman–Crippen LogP) is 5.19. The smallest absolute Gasteiger partial charge is 0.258 e. The van der Waals surface area contributed by atoms with Gasteiger partial charge in [-0.3, -0.25) is 9.59 Å². The van der Waals surface area contributed by atoms with Gasteiger partial charge in [0.15, 0.2) is 0 Å². The van der Waals surface area contributed by atoms with Gasteiger partial charge in [-0.2, -0.15) is 0 Å². The van der Waals surface area contributed by atoms with Gasteiger partial charge in [0.05, 0.1) is 7.11 Å². The van der Waals surface area contributed by atoms with Crippen LogP contribution in [0.5, 0.6) is 5.75 Å². The standard InChI is InChI=1S/C24H21ClN2O3/c1-30-21-9-3-8-20(15-21)26-23(28)17-10-11-22-16(13-17)6-4-12-27(22)24(29)18-5-2-7-19(25)14-18/h2-3,5,7-11,13-15H,4,6,12H2,1H3,(H,26,28). The van der Waals surface area contributed by atoms with Gasteiger partial charge < -0.3 is 15.0 Å². The van der Waals surface area contributed by atoms with E-state index in [4.69, 9.17) is 16.3 Å². The molecule has 0 bridgehead atoms. The first-order valence-corrected chi connectivity index (χ1v) is 10.1. The first-order chi connectivity index (χ1) is 14.5. The third-order valence-corrected chi connectivity index (χ3v) is 5.34. The predicted molar refractivity (Wildman–Crippen MR) is 119 cm³/mol. The summed E-state index contributed by atoms with van der Waals surface area (Å²) < 4.78 is 5.20. The average molecular weight is 421 g/mol. The number of anilines is 2. The average Bonchev–Trinajstić information content (AvgIpc) is 2.78. The monoisotopic (exact) mass is 420 g/mol. The van der Waals surface area contributed by atoms with Crippen molar-refractivity contribution in [3.05, 3.63) is 88.4 Å². The van der Waals surface area contributed by atoms with E-state index in [-0.39, 0.29) is 11.8 Å². The van der Waals surface area contributed by atoms with Crippen LogP contribution >= 0.6 is 11.6 Å². The van der Waals surface area contributed by atoms with Crippen LogP contribution < -0.4 is 15.0 Å². The summed E-state index contributed by atoms with van der Waals surface area (Å²) in [6.45, 7) is 0.633. The molecule has 1 aliphatic rings. The van der Waals surface area contributed by atoms with Crippen molar-refractivity contribution in [1.29, 1.82) is 0 Å². The third-order valence-electron chi connectivity index (χ3n) is 5.10. The SMILES string of the molecule is COc1cccc(NC(=O)c2ccc3c(c2)CCCN3C(=O)c2cccc(Cl)c2)c1. The number of carbonyl (C=O) groups is 2. The van der Waals surface area contributed by atoms with Crippen LogP contribution in [0.2, 0.25) is 5.02 Å². The molecule has 1 N–H and O–H groups in total. The van der Waals surface area contributed by atoms with E-state index in [9.17, 15) is 9.59 Å². The Labute approximate surface area is 180 Å². The number of benzene rings is 3. The van der Waals surface area contributed by atoms with Gasteiger partial charge in [-0.15, -0.1) is 0 Å². The van der Waals surface area contributed by atoms with E-state index in [1.807, 2.05) is 30.3 Å². The summed E-state index contributed by atoms with van der Waals surface area (Å²) in [5.74, 6) is 0.379. The van der Waals surface area contributed by atoms with E-state index >= 15 is 0 Å². The summed E-state index contributed by atoms with van der Waals surface area (Å²) in [7, 11) is 1.58. The third kappa shape index (κ3) is 4.16. The van der Waals surface area contributed by atoms with Gasteiger partial charge in [0, 0.05) is 40.1 Å². The summed E-state index contributed by atoms with van der Waals surface area (Å²) in [6.07, 6.45) is 1.65. The molecule has 0 aromatic heterocycles. The second-order valence-electron chi connectivity index (χ2n) is 7.10. The van der Waals surface area contributed by atoms with E-state index < -0.39 is 0 Å². The quantitative estimate of drug-likeness (QED) is 0.631. The highest BCUT2D eigenvalue weighted by atomic mass is 35.5. The maximum absolute atomic E-state index is 13.0. The molecule has 3 aromatic carbocycles. The second-order valence-corrected chi connectivity index (χ2v) is 7.54. The zero-order valence-electron chi connectivity index (χ0n) is 16.5. The number of ether oxygens (including phenoxy) is 1. The Hall–Kier alpha value is -3.31. The number of halogens is 1. The lowest BCUT2D eigenvalue weighted by atomic mass is 9.98. The molecule has 1 aliphatic heterocycles. The molecule has 0 atom stereocenters. The molecule has 4 rings (SSSR count). The van der Waals surface area contributed by atoms with Crippen molar-refractivity contribution in [2.75, 3.05) is 23.9 Å². The largest absolute Gasteiger partial charge is 0.497 e. The Morgan fingerprint density at radius 1 is 1.00 bits per heavy atom. The molecule has 0 saturated heterocycles. The van der Waals surface area contributed by atoms with Crippen LogP contribution in [0.25, 0.3) is 0 Å². The minimum Gasteiger partial charge on any atom is -0.497 e. The molecule has 0 fully saturated rings. The summed E-state index contributed by atoms with van der Waals surface area (Å²) in [4.78, 5) is 27.5. The highest BCUT2D eigenvalue weighted by Crippen LogP contribution is 2.30. The molecule has 2 amide bonds. The van der Waals surface area contributed by atoms with Crippen molar-refractivity contribution in [2.24, 2.45) is 0 Å². The number of hydrogen-bond donors (Lipinski definition) is 1. The zero-order chi connectivity index (χ0) is 21.1. The number of fused-ring (bicyclic) bond motifs is 1. The van der Waals surface area contributed by atoms with E-state index in [2.05, 4.69) is 5.32 Å². The molecule has 0 spiro atoms. The molecule has 6 heteroatoms. The van der Waals surface area contributed by atoms with Gasteiger partial charge in [0.25, 0.3) is 11.8 Å². The lowest BCUT2D eigenvalue weighted by Crippen LogP contribution is -2.35. The van der Waals surface area contributed by atoms with Gasteiger partial charge in [-0.25, -0.2) is 0 Å². The maximum atomic E-state index is 13.0. The van der Waals surface area contributed by atoms with Crippen molar-refractivity contribution in [2.45, 2.75) is 12.8 Å². The lowest BCUT2D eigenvalue weighted by Gasteiger charge is -2.30. The van der Waals surface area contributed by atoms with Crippen molar-refractivity contribution >= 4 is 34.8 Å². The van der Waals surface area contributed by atoms with Crippen LogP contribution in [0.4, 0.5) is 11.4 Å². The topological polar surface area (TPSA) is 58.6 Å². The fraction of sp³-hybridized carbons (Fsp3) is 0.167. The first kappa shape index (κ1) is 20.0. The van der Waals surface area contributed by atoms with Crippen LogP contribution in [0.1, 0.15) is 32.7 Å². The van der Waals surface area contributed by atoms with E-state index in [0.29, 0.717) is 34.1 Å². The van der Waals surface area contributed by atoms with Crippen molar-refractivity contribution in [3.8, 4) is 5.75 Å². The number of methoxy groups -OCH3 is 1. The zero-order valence-corrected chi connectivity index (χ0v) is 17.3. The Morgan fingerprint density at radius 3 is 2.63 bits per heavy atom. The molecule has 0 radical (unpaired) electrons. The molecule has 30 heavy (non-hydrogen) atoms. The number of aryl methyl sites for hydroxylation is 1. The minimum absolute atomic E-state index is 0.0907. The lowest BCUT2D eigenvalue weighted by molar-refractivity contribution is 0.0984. The number of rotatable bonds is 4. The van der Waals surface area contributed by atoms with Crippen molar-refractivity contribution < 1.29 is 14.3 Å². The molecule has 5 nitrogen and oxygen atoms in total. The van der Waals surface area contributed by atoms with Gasteiger partial charge in [0.2, 0.25) is 0 Å². The maximum Gasteiger partial charge on any atom is 0.258 e. The van der Waals surface area contributed by atoms with Crippen molar-refractivity contribution in [3.63, 3.8) is 0 Å². The highest BCUT2D eigenvalue weighted by Gasteiger charge is 2.24. The Morgan fingerprint density at radius 2 is 1.83 bits per heavy atom. The van der Waals surface area contributed by atoms with Crippen molar-refractivity contribution in [1.82, 2.24) is 0 Å². The summed E-state index contributed by atoms with van der Waals surface area (Å²) >= 11 is 6.05. The molecule has 3 aromatic rings. The first-order valence-electron chi connectivity index (χ1n) is 9.71. The Bertz CT molecular complexity index is 1110. The van der Waals surface area contributed by atoms with Gasteiger partial charge in [-0.1, -0.05) is 23.7 Å². The van der Waals surface area contributed by atoms with Crippen LogP contribution in [0, 0.1) is 0 Å². The molecule has 0 saturated carbocycles. The number of carbonyl (C=O) groups excluding carboxylic acids is 2. The summed E-state index contributed by atoms with van der Waals surface area (Å²) in [5, 5.41) is 3.42. The second kappa shape index (κ2) is 8.59. The summed E-state index contributed by atoms with van der Waals surface area (Å²) in [6, 6.07) is 19.6. The van der Waals surface area contributed by atoms with Crippen LogP contribution in [0.15, 0.2) is 66.7 Å². The molecule has 0 unspecified atom stereocenters. The normalized spacial score (nSPS) is 12.8. The number of amides is 2.